The van der Waals surface area contributed by atoms with Gasteiger partial charge in [0.1, 0.15) is 0 Å². The van der Waals surface area contributed by atoms with E-state index in [-0.39, 0.29) is 6.61 Å². The van der Waals surface area contributed by atoms with Crippen molar-refractivity contribution in [2.45, 2.75) is 6.61 Å². The van der Waals surface area contributed by atoms with Gasteiger partial charge < -0.3 is 9.79 Å². The zero-order valence-corrected chi connectivity index (χ0v) is 10.2. The molecule has 2 N–H and O–H groups in total. The molecular formula is C7H11NO6P2. The normalized spacial score (nSPS) is 18.7. The van der Waals surface area contributed by atoms with Gasteiger partial charge in [0.2, 0.25) is 0 Å². The number of hydrogen-bond acceptors (Lipinski definition) is 5. The van der Waals surface area contributed by atoms with Crippen LogP contribution in [0.3, 0.4) is 0 Å². The molecule has 0 fully saturated rings. The number of aromatic nitrogens is 1. The summed E-state index contributed by atoms with van der Waals surface area (Å²) in [4.78, 5) is 21.6. The highest BCUT2D eigenvalue weighted by Gasteiger charge is 2.29. The smallest absolute Gasteiger partial charge is 0.324 e. The summed E-state index contributed by atoms with van der Waals surface area (Å²) in [6, 6.07) is 3.15. The Balaban J connectivity index is 2.55. The molecule has 0 aromatic carbocycles. The first kappa shape index (κ1) is 13.5. The van der Waals surface area contributed by atoms with Crippen LogP contribution in [-0.4, -0.2) is 21.4 Å². The molecule has 1 aromatic rings. The van der Waals surface area contributed by atoms with Crippen LogP contribution in [0.25, 0.3) is 0 Å². The van der Waals surface area contributed by atoms with Crippen LogP contribution in [-0.2, 0) is 24.6 Å². The monoisotopic (exact) mass is 267 g/mol. The number of phosphoric ester groups is 1. The van der Waals surface area contributed by atoms with Crippen LogP contribution >= 0.6 is 15.4 Å². The van der Waals surface area contributed by atoms with Gasteiger partial charge >= 0.3 is 15.4 Å². The minimum absolute atomic E-state index is 0.212. The summed E-state index contributed by atoms with van der Waals surface area (Å²) in [5.41, 5.74) is 0.594. The molecule has 9 heteroatoms. The van der Waals surface area contributed by atoms with Gasteiger partial charge in [0, 0.05) is 19.1 Å². The van der Waals surface area contributed by atoms with Gasteiger partial charge in [0.15, 0.2) is 0 Å². The second-order valence-electron chi connectivity index (χ2n) is 2.98. The van der Waals surface area contributed by atoms with Crippen molar-refractivity contribution in [1.82, 2.24) is 4.98 Å². The van der Waals surface area contributed by atoms with E-state index in [1.807, 2.05) is 0 Å². The highest BCUT2D eigenvalue weighted by atomic mass is 31.3. The molecule has 0 saturated carbocycles. The molecule has 0 spiro atoms. The molecular weight excluding hydrogens is 256 g/mol. The lowest BCUT2D eigenvalue weighted by molar-refractivity contribution is 0.189. The van der Waals surface area contributed by atoms with Crippen molar-refractivity contribution in [3.8, 4) is 0 Å². The lowest BCUT2D eigenvalue weighted by Gasteiger charge is -2.13. The van der Waals surface area contributed by atoms with Crippen LogP contribution in [0.4, 0.5) is 0 Å². The van der Waals surface area contributed by atoms with E-state index in [1.54, 1.807) is 12.1 Å². The van der Waals surface area contributed by atoms with E-state index in [2.05, 4.69) is 13.8 Å². The lowest BCUT2D eigenvalue weighted by Crippen LogP contribution is -1.94. The summed E-state index contributed by atoms with van der Waals surface area (Å²) in [6.45, 7) is 0.585. The van der Waals surface area contributed by atoms with Crippen LogP contribution in [0, 0.1) is 0 Å². The van der Waals surface area contributed by atoms with E-state index in [9.17, 15) is 9.13 Å². The first-order valence-electron chi connectivity index (χ1n) is 4.16. The molecule has 16 heavy (non-hydrogen) atoms. The van der Waals surface area contributed by atoms with Gasteiger partial charge in [-0.25, -0.2) is 8.88 Å². The van der Waals surface area contributed by atoms with Crippen LogP contribution in [0.15, 0.2) is 24.5 Å². The Kier molecular flexibility index (Phi) is 4.38. The summed E-state index contributed by atoms with van der Waals surface area (Å²) in [7, 11) is -8.57. The molecule has 1 aromatic heterocycles. The number of nitrogens with zero attached hydrogens (tertiary/aromatic N) is 1. The molecule has 0 bridgehead atoms. The second-order valence-corrected chi connectivity index (χ2v) is 6.44. The molecule has 0 saturated heterocycles. The molecule has 90 valence electrons. The maximum absolute atomic E-state index is 11.2. The van der Waals surface area contributed by atoms with Crippen molar-refractivity contribution < 1.29 is 27.8 Å². The Hall–Kier alpha value is -0.550. The number of hydrogen-bond donors (Lipinski definition) is 2. The Labute approximate surface area is 92.2 Å². The van der Waals surface area contributed by atoms with Crippen LogP contribution in [0.5, 0.6) is 0 Å². The van der Waals surface area contributed by atoms with E-state index >= 15 is 0 Å². The van der Waals surface area contributed by atoms with E-state index in [0.717, 1.165) is 6.66 Å². The topological polar surface area (TPSA) is 106 Å². The van der Waals surface area contributed by atoms with Gasteiger partial charge in [-0.05, 0) is 17.7 Å². The number of pyridine rings is 1. The Morgan fingerprint density at radius 2 is 1.88 bits per heavy atom. The zero-order chi connectivity index (χ0) is 12.2. The summed E-state index contributed by atoms with van der Waals surface area (Å²) < 4.78 is 30.5. The fraction of sp³-hybridized carbons (Fsp3) is 0.286. The van der Waals surface area contributed by atoms with Gasteiger partial charge in [-0.1, -0.05) is 0 Å². The number of phosphoric acid groups is 1. The molecule has 2 unspecified atom stereocenters. The van der Waals surface area contributed by atoms with Crippen molar-refractivity contribution in [3.05, 3.63) is 30.1 Å². The van der Waals surface area contributed by atoms with Crippen molar-refractivity contribution in [3.63, 3.8) is 0 Å². The predicted molar refractivity (Wildman–Crippen MR) is 55.7 cm³/mol. The molecule has 0 aliphatic rings. The van der Waals surface area contributed by atoms with Crippen LogP contribution in [0.1, 0.15) is 5.56 Å². The summed E-state index contributed by atoms with van der Waals surface area (Å²) in [6.07, 6.45) is 2.97. The van der Waals surface area contributed by atoms with Crippen molar-refractivity contribution in [2.24, 2.45) is 0 Å². The highest BCUT2D eigenvalue weighted by Crippen LogP contribution is 2.58. The average molecular weight is 267 g/mol. The maximum atomic E-state index is 11.2. The lowest BCUT2D eigenvalue weighted by atomic mass is 10.3. The molecule has 0 aliphatic heterocycles. The van der Waals surface area contributed by atoms with E-state index < -0.39 is 15.4 Å². The molecule has 2 atom stereocenters. The molecule has 7 nitrogen and oxygen atoms in total. The van der Waals surface area contributed by atoms with Crippen molar-refractivity contribution in [2.75, 3.05) is 6.66 Å². The fourth-order valence-electron chi connectivity index (χ4n) is 0.850. The largest absolute Gasteiger partial charge is 0.479 e. The van der Waals surface area contributed by atoms with Gasteiger partial charge in [-0.15, -0.1) is 0 Å². The van der Waals surface area contributed by atoms with Crippen molar-refractivity contribution in [1.29, 1.82) is 0 Å². The van der Waals surface area contributed by atoms with Crippen LogP contribution in [0.2, 0.25) is 0 Å². The fourth-order valence-corrected chi connectivity index (χ4v) is 2.88. The third-order valence-corrected chi connectivity index (χ3v) is 3.89. The predicted octanol–water partition coefficient (Wildman–Crippen LogP) is 1.53. The van der Waals surface area contributed by atoms with Gasteiger partial charge in [-0.2, -0.15) is 0 Å². The third kappa shape index (κ3) is 5.51. The quantitative estimate of drug-likeness (QED) is 0.779. The second kappa shape index (κ2) is 5.19. The van der Waals surface area contributed by atoms with Gasteiger partial charge in [-0.3, -0.25) is 14.1 Å². The summed E-state index contributed by atoms with van der Waals surface area (Å²) >= 11 is 0. The average Bonchev–Trinajstić information content (AvgIpc) is 2.13. The van der Waals surface area contributed by atoms with Crippen molar-refractivity contribution >= 4 is 15.4 Å². The molecule has 0 amide bonds. The van der Waals surface area contributed by atoms with E-state index in [0.29, 0.717) is 5.56 Å². The molecule has 1 heterocycles. The highest BCUT2D eigenvalue weighted by molar-refractivity contribution is 7.63. The van der Waals surface area contributed by atoms with Crippen LogP contribution < -0.4 is 0 Å². The summed E-state index contributed by atoms with van der Waals surface area (Å²) in [5, 5.41) is 0. The molecule has 0 aliphatic carbocycles. The third-order valence-electron chi connectivity index (χ3n) is 1.40. The van der Waals surface area contributed by atoms with E-state index in [4.69, 9.17) is 9.79 Å². The number of rotatable bonds is 5. The van der Waals surface area contributed by atoms with Gasteiger partial charge in [0.25, 0.3) is 0 Å². The Morgan fingerprint density at radius 1 is 1.31 bits per heavy atom. The summed E-state index contributed by atoms with van der Waals surface area (Å²) in [5.74, 6) is 0. The zero-order valence-electron chi connectivity index (χ0n) is 8.39. The minimum atomic E-state index is -4.51. The Morgan fingerprint density at radius 3 is 2.38 bits per heavy atom. The molecule has 1 rings (SSSR count). The SMILES string of the molecule is CP(=O)(O)OP(=O)(O)OCc1ccncc1. The standard InChI is InChI=1S/C7H11NO6P2/c1-15(9,10)14-16(11,12)13-6-7-2-4-8-5-3-7/h2-5H,6H2,1H3,(H,9,10)(H,11,12). The first-order chi connectivity index (χ1) is 7.29. The first-order valence-corrected chi connectivity index (χ1v) is 7.68. The van der Waals surface area contributed by atoms with E-state index in [1.165, 1.54) is 12.4 Å². The Bertz CT molecular complexity index is 430. The molecule has 0 radical (unpaired) electrons. The van der Waals surface area contributed by atoms with Gasteiger partial charge in [0.05, 0.1) is 6.61 Å². The maximum Gasteiger partial charge on any atom is 0.479 e. The minimum Gasteiger partial charge on any atom is -0.324 e.